The molecule has 45 heavy (non-hydrogen) atoms. The summed E-state index contributed by atoms with van der Waals surface area (Å²) in [4.78, 5) is 12.2. The van der Waals surface area contributed by atoms with Gasteiger partial charge in [-0.1, -0.05) is 42.8 Å². The van der Waals surface area contributed by atoms with Gasteiger partial charge >= 0.3 is 12.1 Å². The Morgan fingerprint density at radius 1 is 1.00 bits per heavy atom. The van der Waals surface area contributed by atoms with Gasteiger partial charge in [0.05, 0.1) is 4.90 Å². The molecule has 0 aliphatic heterocycles. The van der Waals surface area contributed by atoms with Crippen molar-refractivity contribution in [3.8, 4) is 0 Å². The monoisotopic (exact) mass is 652 g/mol. The Balaban J connectivity index is 1.33. The highest BCUT2D eigenvalue weighted by Crippen LogP contribution is 2.71. The van der Waals surface area contributed by atoms with Crippen LogP contribution in [-0.2, 0) is 21.4 Å². The second-order valence-electron chi connectivity index (χ2n) is 13.6. The first-order valence-electron chi connectivity index (χ1n) is 15.3. The molecule has 7 atom stereocenters. The van der Waals surface area contributed by atoms with E-state index in [4.69, 9.17) is 5.14 Å². The lowest BCUT2D eigenvalue weighted by Crippen LogP contribution is -2.66. The number of alkyl halides is 5. The van der Waals surface area contributed by atoms with Crippen molar-refractivity contribution in [2.75, 3.05) is 5.32 Å². The van der Waals surface area contributed by atoms with Crippen molar-refractivity contribution < 1.29 is 40.3 Å². The number of halogens is 5. The van der Waals surface area contributed by atoms with Gasteiger partial charge in [0.1, 0.15) is 5.60 Å². The summed E-state index contributed by atoms with van der Waals surface area (Å²) in [5, 5.41) is 19.8. The number of anilines is 1. The summed E-state index contributed by atoms with van der Waals surface area (Å²) >= 11 is 0. The van der Waals surface area contributed by atoms with Crippen LogP contribution in [0.1, 0.15) is 68.9 Å². The SMILES string of the molecule is CC12C[C@H](c3ccc(CNc4cccc(S(N)(=O)=O)c4)cc3)C3C4CCC(=O)C=C4CCC3C1CC[C@@]2(O)C(F)(F)C(F)(F)F. The molecule has 4 aliphatic rings. The fourth-order valence-electron chi connectivity index (χ4n) is 9.27. The Morgan fingerprint density at radius 3 is 2.38 bits per heavy atom. The van der Waals surface area contributed by atoms with Gasteiger partial charge in [-0.25, -0.2) is 13.6 Å². The Hall–Kier alpha value is -2.83. The molecule has 5 unspecified atom stereocenters. The summed E-state index contributed by atoms with van der Waals surface area (Å²) in [6, 6.07) is 13.5. The van der Waals surface area contributed by atoms with Crippen molar-refractivity contribution >= 4 is 21.5 Å². The van der Waals surface area contributed by atoms with Crippen LogP contribution in [0.4, 0.5) is 27.6 Å². The fraction of sp³-hybridized carbons (Fsp3) is 0.545. The molecule has 12 heteroatoms. The number of rotatable bonds is 6. The number of hydrogen-bond donors (Lipinski definition) is 3. The summed E-state index contributed by atoms with van der Waals surface area (Å²) in [5.74, 6) is -6.32. The molecule has 2 aromatic carbocycles. The van der Waals surface area contributed by atoms with E-state index >= 15 is 8.78 Å². The van der Waals surface area contributed by atoms with Gasteiger partial charge in [-0.2, -0.15) is 22.0 Å². The van der Waals surface area contributed by atoms with Crippen LogP contribution in [0.15, 0.2) is 65.1 Å². The maximum Gasteiger partial charge on any atom is 0.456 e. The van der Waals surface area contributed by atoms with Crippen LogP contribution in [0.25, 0.3) is 0 Å². The number of sulfonamides is 1. The number of hydrogen-bond acceptors (Lipinski definition) is 5. The van der Waals surface area contributed by atoms with Crippen molar-refractivity contribution in [1.82, 2.24) is 0 Å². The maximum atomic E-state index is 15.2. The minimum Gasteiger partial charge on any atom is -0.383 e. The summed E-state index contributed by atoms with van der Waals surface area (Å²) in [5.41, 5.74) is -1.70. The standard InChI is InChI=1S/C33H37F5N2O4S/c1-30-17-27(20-7-5-19(6-8-20)18-40-22-3-2-4-24(16-22)45(39,43)44)29-25-12-10-23(41)15-21(25)9-11-26(29)28(30)13-14-31(30,42)32(34,35)33(36,37)38/h2-8,15-16,25-29,40,42H,9-14,17-18H2,1H3,(H2,39,43,44)/t25?,26?,27-,28?,29?,30?,31+/m1/s1. The lowest BCUT2D eigenvalue weighted by atomic mass is 9.46. The molecule has 0 heterocycles. The van der Waals surface area contributed by atoms with E-state index < -0.39 is 51.4 Å². The van der Waals surface area contributed by atoms with Crippen molar-refractivity contribution in [1.29, 1.82) is 0 Å². The zero-order chi connectivity index (χ0) is 32.6. The zero-order valence-electron chi connectivity index (χ0n) is 24.8. The van der Waals surface area contributed by atoms with Gasteiger partial charge in [0, 0.05) is 24.1 Å². The third kappa shape index (κ3) is 5.20. The predicted molar refractivity (Wildman–Crippen MR) is 158 cm³/mol. The first kappa shape index (κ1) is 32.1. The number of primary sulfonamides is 1. The van der Waals surface area contributed by atoms with E-state index in [-0.39, 0.29) is 41.3 Å². The van der Waals surface area contributed by atoms with Crippen LogP contribution < -0.4 is 10.5 Å². The third-order valence-electron chi connectivity index (χ3n) is 11.4. The molecule has 0 saturated heterocycles. The van der Waals surface area contributed by atoms with Crippen molar-refractivity contribution in [3.05, 3.63) is 71.3 Å². The smallest absolute Gasteiger partial charge is 0.383 e. The number of fused-ring (bicyclic) bond motifs is 5. The van der Waals surface area contributed by atoms with Gasteiger partial charge in [-0.15, -0.1) is 0 Å². The number of carbonyl (C=O) groups is 1. The largest absolute Gasteiger partial charge is 0.456 e. The molecule has 4 aliphatic carbocycles. The van der Waals surface area contributed by atoms with Gasteiger partial charge in [0.15, 0.2) is 5.78 Å². The minimum absolute atomic E-state index is 0.0280. The molecule has 3 fully saturated rings. The Labute approximate surface area is 259 Å². The summed E-state index contributed by atoms with van der Waals surface area (Å²) in [7, 11) is -3.87. The Bertz CT molecular complexity index is 1630. The van der Waals surface area contributed by atoms with Crippen LogP contribution in [0.3, 0.4) is 0 Å². The van der Waals surface area contributed by atoms with Crippen LogP contribution in [0.2, 0.25) is 0 Å². The van der Waals surface area contributed by atoms with Gasteiger partial charge in [0.25, 0.3) is 0 Å². The summed E-state index contributed by atoms with van der Waals surface area (Å²) in [6.07, 6.45) is -2.58. The number of allylic oxidation sites excluding steroid dienone is 1. The fourth-order valence-corrected chi connectivity index (χ4v) is 9.83. The van der Waals surface area contributed by atoms with E-state index in [1.54, 1.807) is 18.2 Å². The zero-order valence-corrected chi connectivity index (χ0v) is 25.6. The summed E-state index contributed by atoms with van der Waals surface area (Å²) < 4.78 is 95.2. The Kier molecular flexibility index (Phi) is 7.76. The first-order valence-corrected chi connectivity index (χ1v) is 16.9. The first-order chi connectivity index (χ1) is 21.0. The molecule has 244 valence electrons. The molecule has 0 radical (unpaired) electrons. The van der Waals surface area contributed by atoms with Crippen LogP contribution in [-0.4, -0.2) is 37.0 Å². The van der Waals surface area contributed by atoms with E-state index in [1.165, 1.54) is 19.1 Å². The van der Waals surface area contributed by atoms with Crippen LogP contribution in [0.5, 0.6) is 0 Å². The van der Waals surface area contributed by atoms with E-state index in [9.17, 15) is 31.5 Å². The molecule has 2 aromatic rings. The number of nitrogens with one attached hydrogen (secondary N) is 1. The van der Waals surface area contributed by atoms with Gasteiger partial charge in [-0.3, -0.25) is 4.79 Å². The second kappa shape index (κ2) is 10.9. The average molecular weight is 653 g/mol. The van der Waals surface area contributed by atoms with Crippen molar-refractivity contribution in [2.45, 2.75) is 86.9 Å². The van der Waals surface area contributed by atoms with Gasteiger partial charge < -0.3 is 10.4 Å². The molecule has 0 aromatic heterocycles. The number of benzene rings is 2. The third-order valence-corrected chi connectivity index (χ3v) is 12.3. The molecule has 6 nitrogen and oxygen atoms in total. The molecular formula is C33H37F5N2O4S. The maximum absolute atomic E-state index is 15.2. The van der Waals surface area contributed by atoms with E-state index in [2.05, 4.69) is 5.32 Å². The normalized spacial score (nSPS) is 33.6. The molecule has 0 bridgehead atoms. The van der Waals surface area contributed by atoms with Gasteiger partial charge in [-0.05, 0) is 104 Å². The van der Waals surface area contributed by atoms with Crippen molar-refractivity contribution in [3.63, 3.8) is 0 Å². The predicted octanol–water partition coefficient (Wildman–Crippen LogP) is 6.71. The minimum atomic E-state index is -5.89. The summed E-state index contributed by atoms with van der Waals surface area (Å²) in [6.45, 7) is 1.76. The Morgan fingerprint density at radius 2 is 1.71 bits per heavy atom. The quantitative estimate of drug-likeness (QED) is 0.301. The molecule has 0 spiro atoms. The average Bonchev–Trinajstić information content (AvgIpc) is 3.26. The molecule has 0 amide bonds. The van der Waals surface area contributed by atoms with Gasteiger partial charge in [0.2, 0.25) is 10.0 Å². The molecular weight excluding hydrogens is 615 g/mol. The highest BCUT2D eigenvalue weighted by atomic mass is 32.2. The highest BCUT2D eigenvalue weighted by Gasteiger charge is 2.79. The van der Waals surface area contributed by atoms with Crippen molar-refractivity contribution in [2.24, 2.45) is 34.2 Å². The lowest BCUT2D eigenvalue weighted by Gasteiger charge is -2.59. The van der Waals surface area contributed by atoms with Crippen LogP contribution >= 0.6 is 0 Å². The number of aliphatic hydroxyl groups is 1. The van der Waals surface area contributed by atoms with E-state index in [0.717, 1.165) is 16.7 Å². The van der Waals surface area contributed by atoms with Crippen LogP contribution in [0, 0.1) is 29.1 Å². The van der Waals surface area contributed by atoms with E-state index in [1.807, 2.05) is 24.3 Å². The topological polar surface area (TPSA) is 109 Å². The highest BCUT2D eigenvalue weighted by molar-refractivity contribution is 7.89. The molecule has 4 N–H and O–H groups in total. The molecule has 6 rings (SSSR count). The number of carbonyl (C=O) groups excluding carboxylic acids is 1. The number of ketones is 1. The van der Waals surface area contributed by atoms with E-state index in [0.29, 0.717) is 37.9 Å². The molecule has 3 saturated carbocycles. The lowest BCUT2D eigenvalue weighted by molar-refractivity contribution is -0.364. The number of nitrogens with two attached hydrogens (primary N) is 1. The second-order valence-corrected chi connectivity index (χ2v) is 15.1.